The zero-order valence-electron chi connectivity index (χ0n) is 11.5. The first-order valence-corrected chi connectivity index (χ1v) is 6.39. The van der Waals surface area contributed by atoms with E-state index in [9.17, 15) is 10.1 Å². The number of pyridine rings is 1. The van der Waals surface area contributed by atoms with Crippen molar-refractivity contribution < 1.29 is 9.66 Å². The number of aryl methyl sites for hydroxylation is 1. The minimum absolute atomic E-state index is 0.0536. The number of hydrogen-bond donors (Lipinski definition) is 1. The predicted octanol–water partition coefficient (Wildman–Crippen LogP) is 2.67. The van der Waals surface area contributed by atoms with Crippen LogP contribution in [0.15, 0.2) is 12.3 Å². The SMILES string of the molecule is Cc1cc(NC2CCOC(C)(C)C2)ncc1[N+](=O)[O-]. The molecule has 1 aliphatic rings. The van der Waals surface area contributed by atoms with Crippen molar-refractivity contribution in [1.29, 1.82) is 0 Å². The molecule has 0 aromatic carbocycles. The molecule has 1 aromatic heterocycles. The summed E-state index contributed by atoms with van der Waals surface area (Å²) >= 11 is 0. The van der Waals surface area contributed by atoms with E-state index in [0.29, 0.717) is 11.4 Å². The van der Waals surface area contributed by atoms with Gasteiger partial charge in [-0.15, -0.1) is 0 Å². The highest BCUT2D eigenvalue weighted by Gasteiger charge is 2.29. The fourth-order valence-corrected chi connectivity index (χ4v) is 2.38. The number of aromatic nitrogens is 1. The first kappa shape index (κ1) is 13.7. The maximum absolute atomic E-state index is 10.7. The van der Waals surface area contributed by atoms with Crippen LogP contribution in [-0.4, -0.2) is 28.2 Å². The molecule has 0 amide bonds. The summed E-state index contributed by atoms with van der Waals surface area (Å²) in [6.45, 7) is 6.57. The minimum atomic E-state index is -0.413. The summed E-state index contributed by atoms with van der Waals surface area (Å²) in [5.74, 6) is 0.686. The number of nitrogens with zero attached hydrogens (tertiary/aromatic N) is 2. The molecule has 0 bridgehead atoms. The molecule has 104 valence electrons. The summed E-state index contributed by atoms with van der Waals surface area (Å²) in [5, 5.41) is 14.1. The molecule has 6 nitrogen and oxygen atoms in total. The molecule has 0 aliphatic carbocycles. The number of ether oxygens (including phenoxy) is 1. The Labute approximate surface area is 112 Å². The Hall–Kier alpha value is -1.69. The molecule has 2 rings (SSSR count). The van der Waals surface area contributed by atoms with Crippen molar-refractivity contribution in [3.63, 3.8) is 0 Å². The largest absolute Gasteiger partial charge is 0.375 e. The van der Waals surface area contributed by atoms with Gasteiger partial charge in [-0.05, 0) is 39.7 Å². The Morgan fingerprint density at radius 2 is 2.32 bits per heavy atom. The Kier molecular flexibility index (Phi) is 3.71. The van der Waals surface area contributed by atoms with Crippen LogP contribution in [0.1, 0.15) is 32.3 Å². The van der Waals surface area contributed by atoms with Gasteiger partial charge in [-0.3, -0.25) is 10.1 Å². The summed E-state index contributed by atoms with van der Waals surface area (Å²) < 4.78 is 5.66. The molecule has 0 spiro atoms. The minimum Gasteiger partial charge on any atom is -0.375 e. The molecule has 6 heteroatoms. The van der Waals surface area contributed by atoms with Gasteiger partial charge in [0.2, 0.25) is 0 Å². The van der Waals surface area contributed by atoms with Crippen LogP contribution in [0.4, 0.5) is 11.5 Å². The van der Waals surface area contributed by atoms with Crippen LogP contribution in [0.3, 0.4) is 0 Å². The van der Waals surface area contributed by atoms with E-state index in [4.69, 9.17) is 4.74 Å². The van der Waals surface area contributed by atoms with Crippen molar-refractivity contribution in [3.05, 3.63) is 27.9 Å². The van der Waals surface area contributed by atoms with Crippen LogP contribution in [-0.2, 0) is 4.74 Å². The van der Waals surface area contributed by atoms with Crippen LogP contribution >= 0.6 is 0 Å². The second kappa shape index (κ2) is 5.13. The zero-order chi connectivity index (χ0) is 14.0. The van der Waals surface area contributed by atoms with Crippen molar-refractivity contribution in [1.82, 2.24) is 4.98 Å². The van der Waals surface area contributed by atoms with E-state index in [1.807, 2.05) is 0 Å². The third-order valence-electron chi connectivity index (χ3n) is 3.33. The highest BCUT2D eigenvalue weighted by atomic mass is 16.6. The molecule has 19 heavy (non-hydrogen) atoms. The van der Waals surface area contributed by atoms with E-state index in [-0.39, 0.29) is 17.3 Å². The average molecular weight is 265 g/mol. The Morgan fingerprint density at radius 1 is 1.58 bits per heavy atom. The topological polar surface area (TPSA) is 77.3 Å². The molecule has 1 aromatic rings. The van der Waals surface area contributed by atoms with Gasteiger partial charge in [-0.1, -0.05) is 0 Å². The molecule has 1 N–H and O–H groups in total. The number of nitrogens with one attached hydrogen (secondary N) is 1. The van der Waals surface area contributed by atoms with Gasteiger partial charge < -0.3 is 10.1 Å². The second-order valence-electron chi connectivity index (χ2n) is 5.56. The van der Waals surface area contributed by atoms with Crippen LogP contribution in [0.2, 0.25) is 0 Å². The summed E-state index contributed by atoms with van der Waals surface area (Å²) in [5.41, 5.74) is 0.540. The van der Waals surface area contributed by atoms with Crippen LogP contribution in [0.25, 0.3) is 0 Å². The lowest BCUT2D eigenvalue weighted by Gasteiger charge is -2.36. The Balaban J connectivity index is 2.07. The van der Waals surface area contributed by atoms with Crippen LogP contribution < -0.4 is 5.32 Å². The van der Waals surface area contributed by atoms with Crippen LogP contribution in [0, 0.1) is 17.0 Å². The third-order valence-corrected chi connectivity index (χ3v) is 3.33. The molecule has 2 heterocycles. The van der Waals surface area contributed by atoms with Gasteiger partial charge in [0.15, 0.2) is 0 Å². The van der Waals surface area contributed by atoms with Crippen molar-refractivity contribution in [2.45, 2.75) is 45.3 Å². The molecule has 1 unspecified atom stereocenters. The van der Waals surface area contributed by atoms with Crippen molar-refractivity contribution in [2.75, 3.05) is 11.9 Å². The van der Waals surface area contributed by atoms with Gasteiger partial charge in [0.25, 0.3) is 5.69 Å². The van der Waals surface area contributed by atoms with E-state index >= 15 is 0 Å². The number of anilines is 1. The van der Waals surface area contributed by atoms with E-state index < -0.39 is 4.92 Å². The first-order chi connectivity index (χ1) is 8.87. The predicted molar refractivity (Wildman–Crippen MR) is 72.3 cm³/mol. The van der Waals surface area contributed by atoms with Gasteiger partial charge >= 0.3 is 0 Å². The van der Waals surface area contributed by atoms with E-state index in [1.165, 1.54) is 6.20 Å². The molecule has 0 radical (unpaired) electrons. The van der Waals surface area contributed by atoms with E-state index in [2.05, 4.69) is 24.1 Å². The quantitative estimate of drug-likeness (QED) is 0.671. The monoisotopic (exact) mass is 265 g/mol. The molecular formula is C13H19N3O3. The van der Waals surface area contributed by atoms with Crippen molar-refractivity contribution in [3.8, 4) is 0 Å². The fourth-order valence-electron chi connectivity index (χ4n) is 2.38. The van der Waals surface area contributed by atoms with Crippen molar-refractivity contribution >= 4 is 11.5 Å². The Bertz CT molecular complexity index is 488. The highest BCUT2D eigenvalue weighted by molar-refractivity contribution is 5.47. The zero-order valence-corrected chi connectivity index (χ0v) is 11.5. The molecule has 1 atom stereocenters. The summed E-state index contributed by atoms with van der Waals surface area (Å²) in [4.78, 5) is 14.4. The van der Waals surface area contributed by atoms with Gasteiger partial charge in [0, 0.05) is 18.2 Å². The molecule has 1 saturated heterocycles. The van der Waals surface area contributed by atoms with E-state index in [1.54, 1.807) is 13.0 Å². The number of rotatable bonds is 3. The van der Waals surface area contributed by atoms with Crippen LogP contribution in [0.5, 0.6) is 0 Å². The van der Waals surface area contributed by atoms with Gasteiger partial charge in [-0.2, -0.15) is 0 Å². The third kappa shape index (κ3) is 3.41. The van der Waals surface area contributed by atoms with Gasteiger partial charge in [0.05, 0.1) is 10.5 Å². The highest BCUT2D eigenvalue weighted by Crippen LogP contribution is 2.27. The smallest absolute Gasteiger partial charge is 0.290 e. The lowest BCUT2D eigenvalue weighted by Crippen LogP contribution is -2.40. The lowest BCUT2D eigenvalue weighted by molar-refractivity contribution is -0.385. The summed E-state index contributed by atoms with van der Waals surface area (Å²) in [7, 11) is 0. The van der Waals surface area contributed by atoms with E-state index in [0.717, 1.165) is 19.4 Å². The summed E-state index contributed by atoms with van der Waals surface area (Å²) in [6.07, 6.45) is 3.12. The Morgan fingerprint density at radius 3 is 2.89 bits per heavy atom. The number of nitro groups is 1. The molecule has 0 saturated carbocycles. The maximum Gasteiger partial charge on any atom is 0.290 e. The number of hydrogen-bond acceptors (Lipinski definition) is 5. The molecular weight excluding hydrogens is 246 g/mol. The molecule has 1 aliphatic heterocycles. The maximum atomic E-state index is 10.7. The van der Waals surface area contributed by atoms with Gasteiger partial charge in [-0.25, -0.2) is 4.98 Å². The molecule has 1 fully saturated rings. The summed E-state index contributed by atoms with van der Waals surface area (Å²) in [6, 6.07) is 2.01. The van der Waals surface area contributed by atoms with Crippen molar-refractivity contribution in [2.24, 2.45) is 0 Å². The normalized spacial score (nSPS) is 21.9. The standard InChI is InChI=1S/C13H19N3O3/c1-9-6-12(14-8-11(9)16(17)18)15-10-4-5-19-13(2,3)7-10/h6,8,10H,4-5,7H2,1-3H3,(H,14,15). The lowest BCUT2D eigenvalue weighted by atomic mass is 9.94. The second-order valence-corrected chi connectivity index (χ2v) is 5.56. The average Bonchev–Trinajstić information content (AvgIpc) is 2.27. The first-order valence-electron chi connectivity index (χ1n) is 6.39. The van der Waals surface area contributed by atoms with Gasteiger partial charge in [0.1, 0.15) is 12.0 Å². The fraction of sp³-hybridized carbons (Fsp3) is 0.615.